The molecule has 2 aromatic rings. The number of nitrogens with zero attached hydrogens (tertiary/aromatic N) is 3. The van der Waals surface area contributed by atoms with Gasteiger partial charge in [0.15, 0.2) is 5.65 Å². The van der Waals surface area contributed by atoms with Crippen molar-refractivity contribution in [1.29, 1.82) is 0 Å². The van der Waals surface area contributed by atoms with Crippen molar-refractivity contribution in [3.63, 3.8) is 0 Å². The average Bonchev–Trinajstić information content (AvgIpc) is 2.75. The van der Waals surface area contributed by atoms with Crippen molar-refractivity contribution in [2.45, 2.75) is 32.0 Å². The fourth-order valence-corrected chi connectivity index (χ4v) is 2.14. The zero-order valence-electron chi connectivity index (χ0n) is 12.2. The molecule has 0 spiro atoms. The Morgan fingerprint density at radius 1 is 1.33 bits per heavy atom. The molecule has 0 unspecified atom stereocenters. The van der Waals surface area contributed by atoms with E-state index in [2.05, 4.69) is 15.3 Å². The van der Waals surface area contributed by atoms with Gasteiger partial charge in [-0.15, -0.1) is 4.73 Å². The maximum absolute atomic E-state index is 13.8. The Kier molecular flexibility index (Phi) is 4.86. The lowest BCUT2D eigenvalue weighted by Gasteiger charge is -2.20. The van der Waals surface area contributed by atoms with Gasteiger partial charge in [0.25, 0.3) is 5.17 Å². The summed E-state index contributed by atoms with van der Waals surface area (Å²) >= 11 is 10.5. The third-order valence-corrected chi connectivity index (χ3v) is 3.05. The van der Waals surface area contributed by atoms with Crippen LogP contribution in [0, 0.1) is 0 Å². The minimum atomic E-state index is -5.88. The topological polar surface area (TPSA) is 52.0 Å². The molecule has 12 heteroatoms. The van der Waals surface area contributed by atoms with E-state index in [1.54, 1.807) is 13.8 Å². The molecule has 0 fully saturated rings. The monoisotopic (exact) mass is 388 g/mol. The summed E-state index contributed by atoms with van der Waals surface area (Å²) in [5.74, 6) is -6.99. The molecule has 0 saturated heterocycles. The molecule has 1 N–H and O–H groups in total. The van der Waals surface area contributed by atoms with Crippen LogP contribution in [-0.4, -0.2) is 32.1 Å². The summed E-state index contributed by atoms with van der Waals surface area (Å²) in [4.78, 5) is 11.8. The number of hydrogen-bond donors (Lipinski definition) is 1. The lowest BCUT2D eigenvalue weighted by atomic mass is 10.3. The molecule has 2 rings (SSSR count). The van der Waals surface area contributed by atoms with Crippen molar-refractivity contribution in [3.05, 3.63) is 23.1 Å². The predicted octanol–water partition coefficient (Wildman–Crippen LogP) is 3.45. The maximum atomic E-state index is 13.8. The molecule has 0 aliphatic rings. The van der Waals surface area contributed by atoms with Crippen LogP contribution in [0.1, 0.15) is 19.7 Å². The van der Waals surface area contributed by atoms with E-state index in [4.69, 9.17) is 28.7 Å². The van der Waals surface area contributed by atoms with Gasteiger partial charge in [-0.1, -0.05) is 11.6 Å². The highest BCUT2D eigenvalue weighted by Crippen LogP contribution is 2.43. The van der Waals surface area contributed by atoms with Crippen LogP contribution in [0.5, 0.6) is 0 Å². The van der Waals surface area contributed by atoms with E-state index in [1.165, 1.54) is 0 Å². The van der Waals surface area contributed by atoms with Crippen LogP contribution < -0.4 is 10.2 Å². The molecule has 24 heavy (non-hydrogen) atoms. The molecule has 0 radical (unpaired) electrons. The first kappa shape index (κ1) is 18.6. The second-order valence-corrected chi connectivity index (χ2v) is 5.78. The number of hydrogen-bond acceptors (Lipinski definition) is 4. The van der Waals surface area contributed by atoms with E-state index >= 15 is 0 Å². The Morgan fingerprint density at radius 2 is 1.96 bits per heavy atom. The number of thiocarbonyl (C=S) groups is 1. The molecule has 0 aromatic carbocycles. The van der Waals surface area contributed by atoms with Gasteiger partial charge in [-0.25, -0.2) is 9.97 Å². The average molecular weight is 389 g/mol. The second kappa shape index (κ2) is 6.28. The van der Waals surface area contributed by atoms with Gasteiger partial charge in [0, 0.05) is 12.2 Å². The third-order valence-electron chi connectivity index (χ3n) is 2.65. The fraction of sp³-hybridized carbons (Fsp3) is 0.417. The molecular weight excluding hydrogens is 379 g/mol. The molecule has 0 atom stereocenters. The number of imidazole rings is 1. The summed E-state index contributed by atoms with van der Waals surface area (Å²) < 4.78 is 65.8. The first-order chi connectivity index (χ1) is 10.9. The normalized spacial score (nSPS) is 12.7. The van der Waals surface area contributed by atoms with Gasteiger partial charge in [0.1, 0.15) is 5.52 Å². The van der Waals surface area contributed by atoms with Gasteiger partial charge in [0.05, 0.1) is 5.02 Å². The summed E-state index contributed by atoms with van der Waals surface area (Å²) in [5, 5.41) is 2.14. The Balaban J connectivity index is 2.62. The molecule has 0 saturated carbocycles. The number of fused-ring (bicyclic) bond motifs is 1. The lowest BCUT2D eigenvalue weighted by Crippen LogP contribution is -2.41. The van der Waals surface area contributed by atoms with E-state index in [-0.39, 0.29) is 21.3 Å². The summed E-state index contributed by atoms with van der Waals surface area (Å²) in [6.07, 6.45) is -4.83. The third kappa shape index (κ3) is 3.51. The standard InChI is InChI=1S/C12H10ClF5N4OS/c1-5(2)20-10(24)23-22-7-3-6(13)4-19-8(7)21-9(22)11(14,15)12(16,17)18/h3-5H,1-2H3,(H,20,24). The lowest BCUT2D eigenvalue weighted by molar-refractivity contribution is -0.294. The van der Waals surface area contributed by atoms with Gasteiger partial charge >= 0.3 is 12.1 Å². The van der Waals surface area contributed by atoms with Crippen molar-refractivity contribution in [2.75, 3.05) is 0 Å². The molecule has 5 nitrogen and oxygen atoms in total. The van der Waals surface area contributed by atoms with Crippen molar-refractivity contribution < 1.29 is 26.8 Å². The maximum Gasteiger partial charge on any atom is 0.461 e. The molecule has 2 aromatic heterocycles. The van der Waals surface area contributed by atoms with Gasteiger partial charge < -0.3 is 10.2 Å². The zero-order valence-corrected chi connectivity index (χ0v) is 13.7. The van der Waals surface area contributed by atoms with Crippen molar-refractivity contribution in [2.24, 2.45) is 0 Å². The van der Waals surface area contributed by atoms with E-state index < -0.39 is 28.7 Å². The van der Waals surface area contributed by atoms with E-state index in [1.807, 2.05) is 0 Å². The SMILES string of the molecule is CC(C)NC(=S)On1c(C(F)(F)C(F)(F)F)nc2ncc(Cl)cc21. The minimum absolute atomic E-state index is 0.00291. The van der Waals surface area contributed by atoms with Crippen LogP contribution in [0.2, 0.25) is 5.02 Å². The predicted molar refractivity (Wildman–Crippen MR) is 79.9 cm³/mol. The highest BCUT2D eigenvalue weighted by molar-refractivity contribution is 7.80. The number of halogens is 6. The summed E-state index contributed by atoms with van der Waals surface area (Å²) in [6.45, 7) is 3.34. The number of rotatable bonds is 3. The highest BCUT2D eigenvalue weighted by atomic mass is 35.5. The second-order valence-electron chi connectivity index (χ2n) is 4.98. The first-order valence-corrected chi connectivity index (χ1v) is 7.20. The van der Waals surface area contributed by atoms with E-state index in [0.717, 1.165) is 12.3 Å². The summed E-state index contributed by atoms with van der Waals surface area (Å²) in [6, 6.07) is 0.853. The number of aromatic nitrogens is 3. The van der Waals surface area contributed by atoms with Crippen molar-refractivity contribution in [3.8, 4) is 0 Å². The zero-order chi connectivity index (χ0) is 18.3. The molecule has 0 aliphatic carbocycles. The highest BCUT2D eigenvalue weighted by Gasteiger charge is 2.62. The molecule has 0 aliphatic heterocycles. The van der Waals surface area contributed by atoms with Crippen LogP contribution in [0.15, 0.2) is 12.3 Å². The van der Waals surface area contributed by atoms with Crippen LogP contribution in [0.3, 0.4) is 0 Å². The van der Waals surface area contributed by atoms with Crippen molar-refractivity contribution in [1.82, 2.24) is 20.0 Å². The van der Waals surface area contributed by atoms with Gasteiger partial charge in [-0.3, -0.25) is 0 Å². The Hall–Kier alpha value is -1.75. The van der Waals surface area contributed by atoms with Crippen molar-refractivity contribution >= 4 is 40.2 Å². The van der Waals surface area contributed by atoms with Gasteiger partial charge in [-0.2, -0.15) is 22.0 Å². The Bertz CT molecular complexity index is 777. The van der Waals surface area contributed by atoms with Crippen LogP contribution in [0.4, 0.5) is 22.0 Å². The summed E-state index contributed by atoms with van der Waals surface area (Å²) in [5.41, 5.74) is -0.681. The number of pyridine rings is 1. The molecule has 132 valence electrons. The smallest absolute Gasteiger partial charge is 0.343 e. The van der Waals surface area contributed by atoms with Crippen LogP contribution in [0.25, 0.3) is 11.2 Å². The fourth-order valence-electron chi connectivity index (χ4n) is 1.68. The minimum Gasteiger partial charge on any atom is -0.343 e. The number of nitrogens with one attached hydrogen (secondary N) is 1. The summed E-state index contributed by atoms with van der Waals surface area (Å²) in [7, 11) is 0. The largest absolute Gasteiger partial charge is 0.461 e. The first-order valence-electron chi connectivity index (χ1n) is 6.41. The van der Waals surface area contributed by atoms with E-state index in [0.29, 0.717) is 0 Å². The molecule has 0 bridgehead atoms. The quantitative estimate of drug-likeness (QED) is 0.644. The number of alkyl halides is 5. The van der Waals surface area contributed by atoms with Gasteiger partial charge in [0.2, 0.25) is 5.82 Å². The van der Waals surface area contributed by atoms with E-state index in [9.17, 15) is 22.0 Å². The molecule has 2 heterocycles. The Labute approximate surface area is 142 Å². The molecule has 0 amide bonds. The molecular formula is C12H10ClF5N4OS. The van der Waals surface area contributed by atoms with Crippen LogP contribution >= 0.6 is 23.8 Å². The Morgan fingerprint density at radius 3 is 2.50 bits per heavy atom. The van der Waals surface area contributed by atoms with Crippen LogP contribution in [-0.2, 0) is 5.92 Å². The van der Waals surface area contributed by atoms with Gasteiger partial charge in [-0.05, 0) is 32.1 Å².